The van der Waals surface area contributed by atoms with Crippen molar-refractivity contribution < 1.29 is 9.53 Å². The van der Waals surface area contributed by atoms with Crippen LogP contribution < -0.4 is 10.1 Å². The van der Waals surface area contributed by atoms with E-state index < -0.39 is 0 Å². The predicted molar refractivity (Wildman–Crippen MR) is 127 cm³/mol. The number of allylic oxidation sites excluding steroid dienone is 2. The lowest BCUT2D eigenvalue weighted by Crippen LogP contribution is -2.33. The molecule has 2 aromatic heterocycles. The van der Waals surface area contributed by atoms with Crippen LogP contribution in [0.5, 0.6) is 5.75 Å². The van der Waals surface area contributed by atoms with Crippen LogP contribution in [0.15, 0.2) is 89.7 Å². The molecule has 164 valence electrons. The molecule has 0 radical (unpaired) electrons. The first-order valence-corrected chi connectivity index (χ1v) is 11.9. The maximum absolute atomic E-state index is 13.5. The van der Waals surface area contributed by atoms with Crippen molar-refractivity contribution in [1.29, 1.82) is 0 Å². The number of hydrogen-bond acceptors (Lipinski definition) is 6. The summed E-state index contributed by atoms with van der Waals surface area (Å²) in [5, 5.41) is 9.90. The van der Waals surface area contributed by atoms with Crippen LogP contribution in [0, 0.1) is 0 Å². The monoisotopic (exact) mass is 454 g/mol. The van der Waals surface area contributed by atoms with E-state index in [1.54, 1.807) is 16.0 Å². The van der Waals surface area contributed by atoms with Crippen molar-refractivity contribution in [2.24, 2.45) is 0 Å². The van der Waals surface area contributed by atoms with Gasteiger partial charge < -0.3 is 10.1 Å². The molecule has 0 bridgehead atoms. The highest BCUT2D eigenvalue weighted by Gasteiger charge is 2.39. The Hall–Kier alpha value is -3.71. The Morgan fingerprint density at radius 3 is 2.82 bits per heavy atom. The Kier molecular flexibility index (Phi) is 5.03. The maximum Gasteiger partial charge on any atom is 0.226 e. The molecule has 1 aliphatic carbocycles. The first kappa shape index (κ1) is 19.9. The van der Waals surface area contributed by atoms with Gasteiger partial charge in [-0.15, -0.1) is 11.3 Å². The SMILES string of the molecule is O=C1C[C@@H](c2cccs2)CC2=C1[C@@H](c1cccc(OCc3ccccc3)c1)n1ncnc1N2. The maximum atomic E-state index is 13.5. The van der Waals surface area contributed by atoms with Crippen LogP contribution in [-0.2, 0) is 11.4 Å². The first-order chi connectivity index (χ1) is 16.3. The fraction of sp³-hybridized carbons (Fsp3) is 0.192. The normalized spacial score (nSPS) is 19.6. The third-order valence-corrected chi connectivity index (χ3v) is 7.26. The van der Waals surface area contributed by atoms with Crippen molar-refractivity contribution in [1.82, 2.24) is 14.8 Å². The number of thiophene rings is 1. The molecule has 1 N–H and O–H groups in total. The van der Waals surface area contributed by atoms with E-state index in [1.807, 2.05) is 60.7 Å². The molecule has 0 amide bonds. The average Bonchev–Trinajstić information content (AvgIpc) is 3.54. The number of carbonyl (C=O) groups excluding carboxylic acids is 1. The molecule has 4 aromatic rings. The highest BCUT2D eigenvalue weighted by atomic mass is 32.1. The molecule has 0 saturated heterocycles. The van der Waals surface area contributed by atoms with Crippen molar-refractivity contribution in [2.75, 3.05) is 5.32 Å². The number of carbonyl (C=O) groups is 1. The van der Waals surface area contributed by atoms with Gasteiger partial charge in [0.15, 0.2) is 5.78 Å². The number of hydrogen-bond donors (Lipinski definition) is 1. The predicted octanol–water partition coefficient (Wildman–Crippen LogP) is 5.33. The molecule has 7 heteroatoms. The number of fused-ring (bicyclic) bond motifs is 1. The Labute approximate surface area is 195 Å². The van der Waals surface area contributed by atoms with Gasteiger partial charge in [-0.25, -0.2) is 4.68 Å². The molecule has 2 atom stereocenters. The summed E-state index contributed by atoms with van der Waals surface area (Å²) in [5.74, 6) is 1.77. The number of ketones is 1. The topological polar surface area (TPSA) is 69.0 Å². The van der Waals surface area contributed by atoms with Crippen LogP contribution in [0.1, 0.15) is 40.8 Å². The molecule has 0 unspecified atom stereocenters. The largest absolute Gasteiger partial charge is 0.489 e. The minimum atomic E-state index is -0.323. The van der Waals surface area contributed by atoms with Crippen LogP contribution >= 0.6 is 11.3 Å². The second kappa shape index (κ2) is 8.33. The molecule has 0 fully saturated rings. The molecular weight excluding hydrogens is 432 g/mol. The van der Waals surface area contributed by atoms with Crippen molar-refractivity contribution in [3.8, 4) is 5.75 Å². The lowest BCUT2D eigenvalue weighted by atomic mass is 9.80. The fourth-order valence-electron chi connectivity index (χ4n) is 4.70. The standard InChI is InChI=1S/C26H22N4O2S/c31-22-14-19(23-10-5-11-33-23)13-21-24(22)25(30-26(29-21)27-16-28-30)18-8-4-9-20(12-18)32-15-17-6-2-1-3-7-17/h1-12,16,19,25H,13-15H2,(H,27,28,29)/t19-,25+/m0/s1. The van der Waals surface area contributed by atoms with E-state index >= 15 is 0 Å². The van der Waals surface area contributed by atoms with Gasteiger partial charge in [-0.1, -0.05) is 48.5 Å². The number of Topliss-reactive ketones (excluding diaryl/α,β-unsaturated/α-hetero) is 1. The molecule has 0 saturated carbocycles. The van der Waals surface area contributed by atoms with Crippen molar-refractivity contribution in [3.05, 3.63) is 106 Å². The Morgan fingerprint density at radius 2 is 1.97 bits per heavy atom. The van der Waals surface area contributed by atoms with E-state index in [-0.39, 0.29) is 17.7 Å². The van der Waals surface area contributed by atoms with Crippen LogP contribution in [0.2, 0.25) is 0 Å². The average molecular weight is 455 g/mol. The molecule has 1 aliphatic heterocycles. The van der Waals surface area contributed by atoms with Crippen LogP contribution in [0.3, 0.4) is 0 Å². The summed E-state index contributed by atoms with van der Waals surface area (Å²) in [7, 11) is 0. The van der Waals surface area contributed by atoms with E-state index in [9.17, 15) is 4.79 Å². The Bertz CT molecular complexity index is 1330. The third kappa shape index (κ3) is 3.74. The zero-order valence-corrected chi connectivity index (χ0v) is 18.7. The third-order valence-electron chi connectivity index (χ3n) is 6.23. The van der Waals surface area contributed by atoms with Crippen molar-refractivity contribution in [3.63, 3.8) is 0 Å². The van der Waals surface area contributed by atoms with E-state index in [4.69, 9.17) is 4.74 Å². The Balaban J connectivity index is 1.35. The molecule has 0 spiro atoms. The number of ether oxygens (including phenoxy) is 1. The highest BCUT2D eigenvalue weighted by Crippen LogP contribution is 2.44. The molecular formula is C26H22N4O2S. The van der Waals surface area contributed by atoms with Gasteiger partial charge in [-0.2, -0.15) is 10.1 Å². The van der Waals surface area contributed by atoms with Gasteiger partial charge in [0.2, 0.25) is 5.95 Å². The van der Waals surface area contributed by atoms with Crippen LogP contribution in [-0.4, -0.2) is 20.5 Å². The number of nitrogens with zero attached hydrogens (tertiary/aromatic N) is 3. The zero-order chi connectivity index (χ0) is 22.2. The van der Waals surface area contributed by atoms with Gasteiger partial charge in [-0.3, -0.25) is 4.79 Å². The fourth-order valence-corrected chi connectivity index (χ4v) is 5.53. The molecule has 6 nitrogen and oxygen atoms in total. The van der Waals surface area contributed by atoms with Gasteiger partial charge in [0.25, 0.3) is 0 Å². The van der Waals surface area contributed by atoms with Crippen molar-refractivity contribution in [2.45, 2.75) is 31.4 Å². The summed E-state index contributed by atoms with van der Waals surface area (Å²) in [6, 6.07) is 21.9. The molecule has 2 aliphatic rings. The summed E-state index contributed by atoms with van der Waals surface area (Å²) in [5.41, 5.74) is 3.80. The number of benzene rings is 2. The number of anilines is 1. The quantitative estimate of drug-likeness (QED) is 0.441. The molecule has 3 heterocycles. The van der Waals surface area contributed by atoms with Crippen LogP contribution in [0.4, 0.5) is 5.95 Å². The molecule has 33 heavy (non-hydrogen) atoms. The molecule has 2 aromatic carbocycles. The minimum Gasteiger partial charge on any atom is -0.489 e. The first-order valence-electron chi connectivity index (χ1n) is 11.0. The summed E-state index contributed by atoms with van der Waals surface area (Å²) in [6.45, 7) is 0.487. The zero-order valence-electron chi connectivity index (χ0n) is 17.8. The summed E-state index contributed by atoms with van der Waals surface area (Å²) < 4.78 is 7.87. The lowest BCUT2D eigenvalue weighted by Gasteiger charge is -2.34. The van der Waals surface area contributed by atoms with E-state index in [2.05, 4.69) is 26.8 Å². The number of nitrogens with one attached hydrogen (secondary N) is 1. The summed E-state index contributed by atoms with van der Waals surface area (Å²) in [6.07, 6.45) is 2.83. The van der Waals surface area contributed by atoms with Crippen molar-refractivity contribution >= 4 is 23.1 Å². The smallest absolute Gasteiger partial charge is 0.226 e. The van der Waals surface area contributed by atoms with Gasteiger partial charge in [0.05, 0.1) is 0 Å². The second-order valence-electron chi connectivity index (χ2n) is 8.34. The van der Waals surface area contributed by atoms with Gasteiger partial charge >= 0.3 is 0 Å². The minimum absolute atomic E-state index is 0.156. The Morgan fingerprint density at radius 1 is 1.06 bits per heavy atom. The van der Waals surface area contributed by atoms with Gasteiger partial charge in [-0.05, 0) is 41.1 Å². The van der Waals surface area contributed by atoms with Gasteiger partial charge in [0, 0.05) is 28.5 Å². The van der Waals surface area contributed by atoms with Gasteiger partial charge in [0.1, 0.15) is 24.7 Å². The summed E-state index contributed by atoms with van der Waals surface area (Å²) >= 11 is 1.71. The lowest BCUT2D eigenvalue weighted by molar-refractivity contribution is -0.116. The molecule has 6 rings (SSSR count). The van der Waals surface area contributed by atoms with E-state index in [0.717, 1.165) is 34.6 Å². The second-order valence-corrected chi connectivity index (χ2v) is 9.32. The van der Waals surface area contributed by atoms with E-state index in [0.29, 0.717) is 19.0 Å². The summed E-state index contributed by atoms with van der Waals surface area (Å²) in [4.78, 5) is 19.1. The van der Waals surface area contributed by atoms with E-state index in [1.165, 1.54) is 11.2 Å². The number of aromatic nitrogens is 3. The highest BCUT2D eigenvalue weighted by molar-refractivity contribution is 7.10. The van der Waals surface area contributed by atoms with Crippen LogP contribution in [0.25, 0.3) is 0 Å². The number of rotatable bonds is 5.